The maximum absolute atomic E-state index is 12.2. The van der Waals surface area contributed by atoms with E-state index in [-0.39, 0.29) is 16.6 Å². The molecule has 0 saturated heterocycles. The molecule has 1 aromatic heterocycles. The van der Waals surface area contributed by atoms with E-state index in [1.807, 2.05) is 0 Å². The summed E-state index contributed by atoms with van der Waals surface area (Å²) in [6.45, 7) is 0. The van der Waals surface area contributed by atoms with Gasteiger partial charge in [0.2, 0.25) is 5.95 Å². The number of ether oxygens (including phenoxy) is 1. The van der Waals surface area contributed by atoms with Gasteiger partial charge in [-0.05, 0) is 28.1 Å². The van der Waals surface area contributed by atoms with Crippen LogP contribution in [-0.4, -0.2) is 25.5 Å². The van der Waals surface area contributed by atoms with E-state index in [1.165, 1.54) is 31.6 Å². The zero-order valence-corrected chi connectivity index (χ0v) is 12.2. The summed E-state index contributed by atoms with van der Waals surface area (Å²) in [7, 11) is -2.46. The van der Waals surface area contributed by atoms with Crippen molar-refractivity contribution >= 4 is 37.6 Å². The van der Waals surface area contributed by atoms with Crippen LogP contribution in [0.3, 0.4) is 0 Å². The fraction of sp³-hybridized carbons (Fsp3) is 0.100. The number of rotatable bonds is 4. The molecule has 0 saturated carbocycles. The Morgan fingerprint density at radius 1 is 1.47 bits per heavy atom. The van der Waals surface area contributed by atoms with Gasteiger partial charge in [-0.2, -0.15) is 0 Å². The number of methoxy groups -OCH3 is 1. The van der Waals surface area contributed by atoms with Gasteiger partial charge in [-0.1, -0.05) is 0 Å². The number of nitrogen functional groups attached to an aromatic ring is 1. The molecule has 4 N–H and O–H groups in total. The first-order valence-electron chi connectivity index (χ1n) is 5.09. The van der Waals surface area contributed by atoms with E-state index < -0.39 is 10.0 Å². The summed E-state index contributed by atoms with van der Waals surface area (Å²) in [5.74, 6) is 0.295. The number of hydrogen-bond donors (Lipinski definition) is 3. The topological polar surface area (TPSA) is 110 Å². The fourth-order valence-electron chi connectivity index (χ4n) is 1.42. The van der Waals surface area contributed by atoms with Gasteiger partial charge < -0.3 is 15.5 Å². The van der Waals surface area contributed by atoms with Gasteiger partial charge in [0.05, 0.1) is 7.11 Å². The molecule has 0 radical (unpaired) electrons. The normalized spacial score (nSPS) is 11.3. The van der Waals surface area contributed by atoms with E-state index in [9.17, 15) is 8.42 Å². The third-order valence-corrected chi connectivity index (χ3v) is 4.35. The number of nitrogens with zero attached hydrogens (tertiary/aromatic N) is 1. The summed E-state index contributed by atoms with van der Waals surface area (Å²) < 4.78 is 32.3. The molecule has 2 rings (SSSR count). The fourth-order valence-corrected chi connectivity index (χ4v) is 2.91. The minimum atomic E-state index is -3.83. The van der Waals surface area contributed by atoms with Crippen molar-refractivity contribution in [3.05, 3.63) is 29.0 Å². The highest BCUT2D eigenvalue weighted by atomic mass is 79.9. The molecule has 0 fully saturated rings. The summed E-state index contributed by atoms with van der Waals surface area (Å²) in [4.78, 5) is 6.38. The lowest BCUT2D eigenvalue weighted by atomic mass is 10.3. The first-order valence-corrected chi connectivity index (χ1v) is 7.37. The standard InChI is InChI=1S/C10H11BrN4O3S/c1-18-8-4-6(11)7(12)5-9(8)19(16,17)15-10-13-2-3-14-10/h2-5H,12H2,1H3,(H2,13,14,15). The predicted octanol–water partition coefficient (Wildman–Crippen LogP) is 1.56. The number of aromatic amines is 1. The van der Waals surface area contributed by atoms with E-state index in [0.717, 1.165) is 0 Å². The molecule has 19 heavy (non-hydrogen) atoms. The molecule has 0 atom stereocenters. The maximum atomic E-state index is 12.2. The molecule has 1 aromatic carbocycles. The third kappa shape index (κ3) is 2.82. The van der Waals surface area contributed by atoms with Gasteiger partial charge in [-0.3, -0.25) is 0 Å². The minimum Gasteiger partial charge on any atom is -0.495 e. The van der Waals surface area contributed by atoms with Crippen LogP contribution in [0.1, 0.15) is 0 Å². The number of nitrogens with two attached hydrogens (primary N) is 1. The molecule has 0 bridgehead atoms. The lowest BCUT2D eigenvalue weighted by Crippen LogP contribution is -2.15. The van der Waals surface area contributed by atoms with Crippen LogP contribution >= 0.6 is 15.9 Å². The summed E-state index contributed by atoms with van der Waals surface area (Å²) >= 11 is 3.21. The molecule has 0 aliphatic heterocycles. The number of sulfonamides is 1. The highest BCUT2D eigenvalue weighted by molar-refractivity contribution is 9.10. The van der Waals surface area contributed by atoms with E-state index in [4.69, 9.17) is 10.5 Å². The molecule has 0 spiro atoms. The first-order chi connectivity index (χ1) is 8.94. The average Bonchev–Trinajstić information content (AvgIpc) is 2.84. The monoisotopic (exact) mass is 346 g/mol. The Labute approximate surface area is 118 Å². The maximum Gasteiger partial charge on any atom is 0.267 e. The number of hydrogen-bond acceptors (Lipinski definition) is 5. The number of halogens is 1. The van der Waals surface area contributed by atoms with Crippen LogP contribution in [0.25, 0.3) is 0 Å². The van der Waals surface area contributed by atoms with Gasteiger partial charge >= 0.3 is 0 Å². The average molecular weight is 347 g/mol. The Bertz CT molecular complexity index is 685. The highest BCUT2D eigenvalue weighted by Crippen LogP contribution is 2.32. The van der Waals surface area contributed by atoms with Gasteiger partial charge in [0, 0.05) is 22.6 Å². The van der Waals surface area contributed by atoms with E-state index in [1.54, 1.807) is 0 Å². The summed E-state index contributed by atoms with van der Waals surface area (Å²) in [6, 6.07) is 2.81. The number of H-pyrrole nitrogens is 1. The van der Waals surface area contributed by atoms with Crippen molar-refractivity contribution in [3.8, 4) is 5.75 Å². The van der Waals surface area contributed by atoms with Gasteiger partial charge in [-0.25, -0.2) is 18.1 Å². The summed E-state index contributed by atoms with van der Waals surface area (Å²) in [5, 5.41) is 0. The van der Waals surface area contributed by atoms with Crippen molar-refractivity contribution in [2.45, 2.75) is 4.90 Å². The Morgan fingerprint density at radius 3 is 2.79 bits per heavy atom. The van der Waals surface area contributed by atoms with Crippen molar-refractivity contribution in [3.63, 3.8) is 0 Å². The Balaban J connectivity index is 2.48. The summed E-state index contributed by atoms with van der Waals surface area (Å²) in [6.07, 6.45) is 2.94. The van der Waals surface area contributed by atoms with Gasteiger partial charge in [0.1, 0.15) is 10.6 Å². The van der Waals surface area contributed by atoms with Crippen molar-refractivity contribution < 1.29 is 13.2 Å². The molecular weight excluding hydrogens is 336 g/mol. The second-order valence-corrected chi connectivity index (χ2v) is 6.07. The number of nitrogens with one attached hydrogen (secondary N) is 2. The van der Waals surface area contributed by atoms with Crippen LogP contribution < -0.4 is 15.2 Å². The molecule has 2 aromatic rings. The van der Waals surface area contributed by atoms with Gasteiger partial charge in [0.25, 0.3) is 10.0 Å². The predicted molar refractivity (Wildman–Crippen MR) is 74.5 cm³/mol. The highest BCUT2D eigenvalue weighted by Gasteiger charge is 2.22. The Hall–Kier alpha value is -1.74. The first kappa shape index (κ1) is 13.7. The molecule has 0 unspecified atom stereocenters. The van der Waals surface area contributed by atoms with Crippen molar-refractivity contribution in [2.24, 2.45) is 0 Å². The number of imidazole rings is 1. The summed E-state index contributed by atoms with van der Waals surface area (Å²) in [5.41, 5.74) is 5.99. The van der Waals surface area contributed by atoms with Crippen LogP contribution in [0, 0.1) is 0 Å². The quantitative estimate of drug-likeness (QED) is 0.727. The van der Waals surface area contributed by atoms with E-state index in [0.29, 0.717) is 10.2 Å². The Morgan fingerprint density at radius 2 is 2.21 bits per heavy atom. The number of benzene rings is 1. The Kier molecular flexibility index (Phi) is 3.67. The van der Waals surface area contributed by atoms with Crippen molar-refractivity contribution in [1.29, 1.82) is 0 Å². The van der Waals surface area contributed by atoms with Crippen LogP contribution in [0.4, 0.5) is 11.6 Å². The van der Waals surface area contributed by atoms with Crippen LogP contribution in [0.2, 0.25) is 0 Å². The van der Waals surface area contributed by atoms with E-state index in [2.05, 4.69) is 30.6 Å². The lowest BCUT2D eigenvalue weighted by Gasteiger charge is -2.11. The van der Waals surface area contributed by atoms with Gasteiger partial charge in [0.15, 0.2) is 0 Å². The third-order valence-electron chi connectivity index (χ3n) is 2.30. The second-order valence-electron chi connectivity index (χ2n) is 3.57. The van der Waals surface area contributed by atoms with Crippen LogP contribution in [0.15, 0.2) is 33.9 Å². The molecule has 7 nitrogen and oxygen atoms in total. The SMILES string of the molecule is COc1cc(Br)c(N)cc1S(=O)(=O)Nc1ncc[nH]1. The van der Waals surface area contributed by atoms with Gasteiger partial charge in [-0.15, -0.1) is 0 Å². The lowest BCUT2D eigenvalue weighted by molar-refractivity contribution is 0.402. The molecular formula is C10H11BrN4O3S. The second kappa shape index (κ2) is 5.10. The molecule has 0 aliphatic rings. The number of anilines is 2. The zero-order valence-electron chi connectivity index (χ0n) is 9.84. The van der Waals surface area contributed by atoms with Crippen molar-refractivity contribution in [1.82, 2.24) is 9.97 Å². The molecule has 9 heteroatoms. The van der Waals surface area contributed by atoms with E-state index >= 15 is 0 Å². The van der Waals surface area contributed by atoms with Crippen LogP contribution in [-0.2, 0) is 10.0 Å². The molecule has 1 heterocycles. The molecule has 0 aliphatic carbocycles. The molecule has 0 amide bonds. The zero-order chi connectivity index (χ0) is 14.0. The van der Waals surface area contributed by atoms with Crippen LogP contribution in [0.5, 0.6) is 5.75 Å². The largest absolute Gasteiger partial charge is 0.495 e. The van der Waals surface area contributed by atoms with Crippen molar-refractivity contribution in [2.75, 3.05) is 17.6 Å². The molecule has 102 valence electrons. The smallest absolute Gasteiger partial charge is 0.267 e. The number of aromatic nitrogens is 2. The minimum absolute atomic E-state index is 0.0629.